The van der Waals surface area contributed by atoms with E-state index in [-0.39, 0.29) is 10.7 Å². The number of nitrogens with zero attached hydrogens (tertiary/aromatic N) is 1. The van der Waals surface area contributed by atoms with Crippen LogP contribution in [0.5, 0.6) is 5.75 Å². The fourth-order valence-electron chi connectivity index (χ4n) is 2.92. The number of nitrogens with one attached hydrogen (secondary N) is 1. The third-order valence-electron chi connectivity index (χ3n) is 4.77. The second kappa shape index (κ2) is 8.46. The van der Waals surface area contributed by atoms with E-state index in [2.05, 4.69) is 5.32 Å². The van der Waals surface area contributed by atoms with Gasteiger partial charge in [-0.2, -0.15) is 0 Å². The smallest absolute Gasteiger partial charge is 0.344 e. The first kappa shape index (κ1) is 21.2. The average molecular weight is 424 g/mol. The van der Waals surface area contributed by atoms with Crippen LogP contribution in [0.25, 0.3) is 6.08 Å². The van der Waals surface area contributed by atoms with E-state index >= 15 is 0 Å². The molecule has 1 heterocycles. The van der Waals surface area contributed by atoms with Gasteiger partial charge < -0.3 is 9.84 Å². The number of benzene rings is 2. The lowest BCUT2D eigenvalue weighted by molar-refractivity contribution is -0.144. The van der Waals surface area contributed by atoms with Gasteiger partial charge in [0.1, 0.15) is 11.3 Å². The molecular weight excluding hydrogens is 404 g/mol. The summed E-state index contributed by atoms with van der Waals surface area (Å²) in [6.07, 6.45) is 0.467. The van der Waals surface area contributed by atoms with Gasteiger partial charge in [-0.1, -0.05) is 24.3 Å². The van der Waals surface area contributed by atoms with E-state index in [9.17, 15) is 14.4 Å². The summed E-state index contributed by atoms with van der Waals surface area (Å²) in [7, 11) is 0. The molecule has 0 aromatic heterocycles. The standard InChI is InChI=1S/C22H20N2O5S/c1-12-5-4-6-18(13(12)2)24-20(26)17(19(25)23-22(24)30)11-15-7-9-16(10-8-15)29-14(3)21(27)28/h4-11,14H,1-3H3,(H,27,28)(H,23,25,30)/b17-11-/t14-/m1/s1. The Morgan fingerprint density at radius 1 is 1.17 bits per heavy atom. The number of carboxylic acids is 1. The molecule has 1 aliphatic heterocycles. The van der Waals surface area contributed by atoms with Crippen LogP contribution in [0, 0.1) is 13.8 Å². The van der Waals surface area contributed by atoms with E-state index < -0.39 is 23.9 Å². The van der Waals surface area contributed by atoms with E-state index in [1.54, 1.807) is 30.3 Å². The molecule has 2 amide bonds. The lowest BCUT2D eigenvalue weighted by Gasteiger charge is -2.30. The minimum absolute atomic E-state index is 0.0299. The lowest BCUT2D eigenvalue weighted by Crippen LogP contribution is -2.54. The van der Waals surface area contributed by atoms with Crippen molar-refractivity contribution in [3.8, 4) is 5.75 Å². The Bertz CT molecular complexity index is 1080. The molecule has 30 heavy (non-hydrogen) atoms. The average Bonchev–Trinajstić information content (AvgIpc) is 2.69. The normalized spacial score (nSPS) is 16.4. The van der Waals surface area contributed by atoms with Crippen molar-refractivity contribution in [3.05, 3.63) is 64.7 Å². The second-order valence-electron chi connectivity index (χ2n) is 6.84. The lowest BCUT2D eigenvalue weighted by atomic mass is 10.0. The minimum atomic E-state index is -1.08. The minimum Gasteiger partial charge on any atom is -0.479 e. The summed E-state index contributed by atoms with van der Waals surface area (Å²) in [5, 5.41) is 11.5. The molecule has 0 radical (unpaired) electrons. The Hall–Kier alpha value is -3.52. The number of thiocarbonyl (C=S) groups is 1. The van der Waals surface area contributed by atoms with Gasteiger partial charge in [0.15, 0.2) is 11.2 Å². The fraction of sp³-hybridized carbons (Fsp3) is 0.182. The number of aryl methyl sites for hydroxylation is 1. The van der Waals surface area contributed by atoms with Crippen LogP contribution in [-0.4, -0.2) is 34.1 Å². The van der Waals surface area contributed by atoms with Crippen molar-refractivity contribution in [2.24, 2.45) is 0 Å². The van der Waals surface area contributed by atoms with Gasteiger partial charge in [0.25, 0.3) is 11.8 Å². The summed E-state index contributed by atoms with van der Waals surface area (Å²) < 4.78 is 5.28. The molecule has 1 saturated heterocycles. The summed E-state index contributed by atoms with van der Waals surface area (Å²) in [6, 6.07) is 11.9. The molecule has 1 aliphatic rings. The maximum absolute atomic E-state index is 13.1. The number of aliphatic carboxylic acids is 1. The molecule has 0 unspecified atom stereocenters. The number of ether oxygens (including phenoxy) is 1. The summed E-state index contributed by atoms with van der Waals surface area (Å²) in [5.74, 6) is -1.80. The van der Waals surface area contributed by atoms with E-state index in [4.69, 9.17) is 22.1 Å². The first-order chi connectivity index (χ1) is 14.2. The Kier molecular flexibility index (Phi) is 5.98. The first-order valence-corrected chi connectivity index (χ1v) is 9.57. The highest BCUT2D eigenvalue weighted by molar-refractivity contribution is 7.80. The van der Waals surface area contributed by atoms with E-state index in [0.717, 1.165) is 11.1 Å². The molecule has 1 fully saturated rings. The molecule has 2 aromatic rings. The molecule has 7 nitrogen and oxygen atoms in total. The van der Waals surface area contributed by atoms with Crippen LogP contribution in [0.2, 0.25) is 0 Å². The van der Waals surface area contributed by atoms with Crippen molar-refractivity contribution in [2.45, 2.75) is 26.9 Å². The highest BCUT2D eigenvalue weighted by Gasteiger charge is 2.35. The zero-order chi connectivity index (χ0) is 22.0. The summed E-state index contributed by atoms with van der Waals surface area (Å²) in [4.78, 5) is 37.8. The second-order valence-corrected chi connectivity index (χ2v) is 7.23. The predicted molar refractivity (Wildman–Crippen MR) is 116 cm³/mol. The number of hydrogen-bond donors (Lipinski definition) is 2. The van der Waals surface area contributed by atoms with Crippen LogP contribution in [0.15, 0.2) is 48.0 Å². The first-order valence-electron chi connectivity index (χ1n) is 9.16. The zero-order valence-corrected chi connectivity index (χ0v) is 17.4. The van der Waals surface area contributed by atoms with E-state index in [1.807, 2.05) is 26.0 Å². The van der Waals surface area contributed by atoms with Gasteiger partial charge in [-0.25, -0.2) is 4.79 Å². The van der Waals surface area contributed by atoms with Crippen LogP contribution in [0.1, 0.15) is 23.6 Å². The van der Waals surface area contributed by atoms with Gasteiger partial charge >= 0.3 is 5.97 Å². The molecule has 0 bridgehead atoms. The number of carbonyl (C=O) groups excluding carboxylic acids is 2. The van der Waals surface area contributed by atoms with Gasteiger partial charge in [0.05, 0.1) is 5.69 Å². The van der Waals surface area contributed by atoms with Crippen molar-refractivity contribution in [2.75, 3.05) is 4.90 Å². The zero-order valence-electron chi connectivity index (χ0n) is 16.6. The van der Waals surface area contributed by atoms with E-state index in [1.165, 1.54) is 17.9 Å². The Morgan fingerprint density at radius 2 is 1.83 bits per heavy atom. The monoisotopic (exact) mass is 424 g/mol. The van der Waals surface area contributed by atoms with Crippen LogP contribution in [-0.2, 0) is 14.4 Å². The molecular formula is C22H20N2O5S. The van der Waals surface area contributed by atoms with Gasteiger partial charge in [-0.05, 0) is 74.0 Å². The maximum Gasteiger partial charge on any atom is 0.344 e. The molecule has 154 valence electrons. The van der Waals surface area contributed by atoms with Gasteiger partial charge in [-0.15, -0.1) is 0 Å². The van der Waals surface area contributed by atoms with Crippen molar-refractivity contribution in [1.29, 1.82) is 0 Å². The maximum atomic E-state index is 13.1. The summed E-state index contributed by atoms with van der Waals surface area (Å²) in [6.45, 7) is 5.24. The number of amides is 2. The SMILES string of the molecule is Cc1cccc(N2C(=O)/C(=C\c3ccc(O[C@H](C)C(=O)O)cc3)C(=O)NC2=S)c1C. The predicted octanol–water partition coefficient (Wildman–Crippen LogP) is 2.99. The number of rotatable bonds is 5. The number of carboxylic acid groups (broad SMARTS) is 1. The third kappa shape index (κ3) is 4.23. The Morgan fingerprint density at radius 3 is 2.47 bits per heavy atom. The highest BCUT2D eigenvalue weighted by atomic mass is 32.1. The summed E-state index contributed by atoms with van der Waals surface area (Å²) >= 11 is 5.24. The highest BCUT2D eigenvalue weighted by Crippen LogP contribution is 2.27. The van der Waals surface area contributed by atoms with Gasteiger partial charge in [-0.3, -0.25) is 19.8 Å². The van der Waals surface area contributed by atoms with Crippen molar-refractivity contribution in [3.63, 3.8) is 0 Å². The van der Waals surface area contributed by atoms with Crippen LogP contribution >= 0.6 is 12.2 Å². The Balaban J connectivity index is 1.91. The molecule has 0 aliphatic carbocycles. The van der Waals surface area contributed by atoms with Crippen LogP contribution in [0.4, 0.5) is 5.69 Å². The molecule has 0 spiro atoms. The van der Waals surface area contributed by atoms with Gasteiger partial charge in [0.2, 0.25) is 0 Å². The van der Waals surface area contributed by atoms with Gasteiger partial charge in [0, 0.05) is 0 Å². The fourth-order valence-corrected chi connectivity index (χ4v) is 3.19. The molecule has 8 heteroatoms. The topological polar surface area (TPSA) is 95.9 Å². The molecule has 2 aromatic carbocycles. The Labute approximate surface area is 179 Å². The molecule has 0 saturated carbocycles. The van der Waals surface area contributed by atoms with E-state index in [0.29, 0.717) is 17.0 Å². The van der Waals surface area contributed by atoms with Crippen LogP contribution < -0.4 is 15.0 Å². The van der Waals surface area contributed by atoms with Crippen LogP contribution in [0.3, 0.4) is 0 Å². The largest absolute Gasteiger partial charge is 0.479 e. The molecule has 2 N–H and O–H groups in total. The van der Waals surface area contributed by atoms with Crippen molar-refractivity contribution in [1.82, 2.24) is 5.32 Å². The quantitative estimate of drug-likeness (QED) is 0.435. The molecule has 3 rings (SSSR count). The number of carbonyl (C=O) groups is 3. The van der Waals surface area contributed by atoms with Crippen molar-refractivity contribution < 1.29 is 24.2 Å². The summed E-state index contributed by atoms with van der Waals surface area (Å²) in [5.41, 5.74) is 3.02. The third-order valence-corrected chi connectivity index (χ3v) is 5.05. The molecule has 1 atom stereocenters. The van der Waals surface area contributed by atoms with Crippen molar-refractivity contribution >= 4 is 46.9 Å². The number of anilines is 1. The number of hydrogen-bond acceptors (Lipinski definition) is 5.